The highest BCUT2D eigenvalue weighted by atomic mass is 16.6. The Morgan fingerprint density at radius 2 is 0.493 bits per heavy atom. The number of carbonyl (C=O) groups is 3. The Morgan fingerprint density at radius 1 is 0.284 bits per heavy atom. The van der Waals surface area contributed by atoms with Gasteiger partial charge in [-0.3, -0.25) is 14.4 Å². The maximum Gasteiger partial charge on any atom is 0.306 e. The minimum atomic E-state index is -0.766. The first-order valence-corrected chi connectivity index (χ1v) is 30.2. The molecule has 0 heterocycles. The molecule has 0 amide bonds. The van der Waals surface area contributed by atoms with Crippen molar-refractivity contribution in [3.8, 4) is 0 Å². The molecule has 6 heteroatoms. The Balaban J connectivity index is 4.16. The molecule has 1 unspecified atom stereocenters. The third-order valence-corrected chi connectivity index (χ3v) is 13.8. The van der Waals surface area contributed by atoms with Crippen LogP contribution in [0.15, 0.2) is 12.2 Å². The van der Waals surface area contributed by atoms with Gasteiger partial charge in [0.2, 0.25) is 0 Å². The molecule has 0 aromatic carbocycles. The van der Waals surface area contributed by atoms with Gasteiger partial charge in [0.25, 0.3) is 0 Å². The lowest BCUT2D eigenvalue weighted by molar-refractivity contribution is -0.167. The first-order chi connectivity index (χ1) is 33.0. The summed E-state index contributed by atoms with van der Waals surface area (Å²) in [6, 6.07) is 0. The van der Waals surface area contributed by atoms with Crippen LogP contribution in [0.4, 0.5) is 0 Å². The van der Waals surface area contributed by atoms with Gasteiger partial charge in [-0.15, -0.1) is 0 Å². The summed E-state index contributed by atoms with van der Waals surface area (Å²) < 4.78 is 16.9. The monoisotopic (exact) mass is 945 g/mol. The molecule has 0 saturated carbocycles. The molecule has 6 nitrogen and oxygen atoms in total. The van der Waals surface area contributed by atoms with Crippen molar-refractivity contribution in [1.82, 2.24) is 0 Å². The van der Waals surface area contributed by atoms with Crippen LogP contribution >= 0.6 is 0 Å². The molecule has 396 valence electrons. The highest BCUT2D eigenvalue weighted by Gasteiger charge is 2.19. The van der Waals surface area contributed by atoms with Crippen molar-refractivity contribution in [2.75, 3.05) is 13.2 Å². The molecule has 0 bridgehead atoms. The molecule has 0 fully saturated rings. The lowest BCUT2D eigenvalue weighted by Crippen LogP contribution is -2.30. The number of ether oxygens (including phenoxy) is 3. The number of hydrogen-bond donors (Lipinski definition) is 0. The fourth-order valence-corrected chi connectivity index (χ4v) is 9.21. The topological polar surface area (TPSA) is 78.9 Å². The van der Waals surface area contributed by atoms with Crippen LogP contribution in [-0.2, 0) is 28.6 Å². The van der Waals surface area contributed by atoms with E-state index in [1.807, 2.05) is 0 Å². The summed E-state index contributed by atoms with van der Waals surface area (Å²) >= 11 is 0. The average Bonchev–Trinajstić information content (AvgIpc) is 3.33. The van der Waals surface area contributed by atoms with Gasteiger partial charge in [0.15, 0.2) is 6.10 Å². The first kappa shape index (κ1) is 65.1. The molecule has 0 rings (SSSR count). The van der Waals surface area contributed by atoms with Gasteiger partial charge in [0.1, 0.15) is 13.2 Å². The van der Waals surface area contributed by atoms with Crippen LogP contribution < -0.4 is 0 Å². The normalized spacial score (nSPS) is 12.0. The van der Waals surface area contributed by atoms with Gasteiger partial charge in [-0.2, -0.15) is 0 Å². The van der Waals surface area contributed by atoms with Crippen molar-refractivity contribution < 1.29 is 28.6 Å². The van der Waals surface area contributed by atoms with E-state index >= 15 is 0 Å². The van der Waals surface area contributed by atoms with Gasteiger partial charge in [-0.25, -0.2) is 0 Å². The van der Waals surface area contributed by atoms with E-state index in [0.717, 1.165) is 57.8 Å². The second-order valence-electron chi connectivity index (χ2n) is 20.6. The molecular weight excluding hydrogens is 829 g/mol. The fraction of sp³-hybridized carbons (Fsp3) is 0.918. The van der Waals surface area contributed by atoms with E-state index in [1.54, 1.807) is 0 Å². The van der Waals surface area contributed by atoms with Crippen molar-refractivity contribution in [2.24, 2.45) is 0 Å². The van der Waals surface area contributed by atoms with Crippen LogP contribution in [0.3, 0.4) is 0 Å². The summed E-state index contributed by atoms with van der Waals surface area (Å²) in [6.07, 6.45) is 65.1. The molecule has 0 aromatic rings. The Morgan fingerprint density at radius 3 is 0.746 bits per heavy atom. The van der Waals surface area contributed by atoms with Crippen LogP contribution in [0.25, 0.3) is 0 Å². The molecule has 0 aliphatic rings. The van der Waals surface area contributed by atoms with Crippen LogP contribution in [0.1, 0.15) is 342 Å². The third-order valence-electron chi connectivity index (χ3n) is 13.8. The molecule has 0 spiro atoms. The van der Waals surface area contributed by atoms with Gasteiger partial charge in [0.05, 0.1) is 0 Å². The Hall–Kier alpha value is -1.85. The number of allylic oxidation sites excluding steroid dienone is 2. The SMILES string of the molecule is CCCCCCCC/C=C\CCCCCCCCCC(=O)OC(COC(=O)CCCCCCCCCCC)COC(=O)CCCCCCCCCCCCCCCCCCCCCCCCC. The maximum atomic E-state index is 12.8. The molecule has 0 N–H and O–H groups in total. The highest BCUT2D eigenvalue weighted by molar-refractivity contribution is 5.71. The van der Waals surface area contributed by atoms with Crippen LogP contribution in [0, 0.1) is 0 Å². The quantitative estimate of drug-likeness (QED) is 0.0262. The van der Waals surface area contributed by atoms with Gasteiger partial charge in [-0.05, 0) is 44.9 Å². The fourth-order valence-electron chi connectivity index (χ4n) is 9.21. The van der Waals surface area contributed by atoms with E-state index < -0.39 is 6.10 Å². The van der Waals surface area contributed by atoms with Crippen LogP contribution in [0.2, 0.25) is 0 Å². The van der Waals surface area contributed by atoms with Crippen LogP contribution in [-0.4, -0.2) is 37.2 Å². The summed E-state index contributed by atoms with van der Waals surface area (Å²) in [5, 5.41) is 0. The molecule has 1 atom stereocenters. The number of esters is 3. The van der Waals surface area contributed by atoms with Crippen molar-refractivity contribution >= 4 is 17.9 Å². The summed E-state index contributed by atoms with van der Waals surface area (Å²) in [6.45, 7) is 6.67. The van der Waals surface area contributed by atoms with Gasteiger partial charge in [0, 0.05) is 19.3 Å². The highest BCUT2D eigenvalue weighted by Crippen LogP contribution is 2.18. The zero-order valence-electron chi connectivity index (χ0n) is 45.5. The summed E-state index contributed by atoms with van der Waals surface area (Å²) in [4.78, 5) is 38.1. The predicted octanol–water partition coefficient (Wildman–Crippen LogP) is 20.1. The van der Waals surface area contributed by atoms with Crippen LogP contribution in [0.5, 0.6) is 0 Å². The van der Waals surface area contributed by atoms with Crippen molar-refractivity contribution in [3.63, 3.8) is 0 Å². The second-order valence-corrected chi connectivity index (χ2v) is 20.6. The predicted molar refractivity (Wildman–Crippen MR) is 289 cm³/mol. The van der Waals surface area contributed by atoms with E-state index in [-0.39, 0.29) is 31.1 Å². The molecule has 0 saturated heterocycles. The zero-order valence-corrected chi connectivity index (χ0v) is 45.5. The maximum absolute atomic E-state index is 12.8. The lowest BCUT2D eigenvalue weighted by Gasteiger charge is -2.18. The first-order valence-electron chi connectivity index (χ1n) is 30.2. The molecule has 0 radical (unpaired) electrons. The number of rotatable bonds is 56. The van der Waals surface area contributed by atoms with Crippen molar-refractivity contribution in [2.45, 2.75) is 348 Å². The van der Waals surface area contributed by atoms with E-state index in [2.05, 4.69) is 32.9 Å². The number of carbonyl (C=O) groups excluding carboxylic acids is 3. The minimum absolute atomic E-state index is 0.0660. The molecule has 0 aromatic heterocycles. The van der Waals surface area contributed by atoms with E-state index in [4.69, 9.17) is 14.2 Å². The summed E-state index contributed by atoms with van der Waals surface area (Å²) in [5.41, 5.74) is 0. The van der Waals surface area contributed by atoms with Gasteiger partial charge >= 0.3 is 17.9 Å². The Labute approximate surface area is 418 Å². The van der Waals surface area contributed by atoms with E-state index in [9.17, 15) is 14.4 Å². The molecule has 0 aliphatic heterocycles. The second kappa shape index (κ2) is 56.7. The van der Waals surface area contributed by atoms with Gasteiger partial charge < -0.3 is 14.2 Å². The summed E-state index contributed by atoms with van der Waals surface area (Å²) in [5.74, 6) is -0.849. The van der Waals surface area contributed by atoms with Gasteiger partial charge in [-0.1, -0.05) is 290 Å². The number of unbranched alkanes of at least 4 members (excludes halogenated alkanes) is 43. The smallest absolute Gasteiger partial charge is 0.306 e. The Kier molecular flexibility index (Phi) is 55.2. The average molecular weight is 946 g/mol. The molecule has 67 heavy (non-hydrogen) atoms. The largest absolute Gasteiger partial charge is 0.462 e. The minimum Gasteiger partial charge on any atom is -0.462 e. The van der Waals surface area contributed by atoms with Crippen molar-refractivity contribution in [1.29, 1.82) is 0 Å². The van der Waals surface area contributed by atoms with E-state index in [0.29, 0.717) is 19.3 Å². The Bertz CT molecular complexity index is 1040. The van der Waals surface area contributed by atoms with Crippen molar-refractivity contribution in [3.05, 3.63) is 12.2 Å². The number of hydrogen-bond acceptors (Lipinski definition) is 6. The third kappa shape index (κ3) is 55.0. The standard InChI is InChI=1S/C61H116O6/c1-4-7-10-13-16-19-21-23-25-27-28-29-30-31-32-34-35-37-39-42-45-48-51-54-60(63)66-57-58(56-65-59(62)53-50-47-44-41-18-15-12-9-6-3)67-61(64)55-52-49-46-43-40-38-36-33-26-24-22-20-17-14-11-8-5-2/h24,26,58H,4-23,25,27-57H2,1-3H3/b26-24-. The molecular formula is C61H116O6. The lowest BCUT2D eigenvalue weighted by atomic mass is 10.0. The summed E-state index contributed by atoms with van der Waals surface area (Å²) in [7, 11) is 0. The zero-order chi connectivity index (χ0) is 48.6. The molecule has 0 aliphatic carbocycles. The van der Waals surface area contributed by atoms with E-state index in [1.165, 1.54) is 244 Å².